The Bertz CT molecular complexity index is 537. The number of hydrogen-bond acceptors (Lipinski definition) is 4. The molecule has 2 aromatic heterocycles. The van der Waals surface area contributed by atoms with E-state index in [4.69, 9.17) is 4.98 Å². The van der Waals surface area contributed by atoms with E-state index in [-0.39, 0.29) is 0 Å². The first-order chi connectivity index (χ1) is 9.33. The molecule has 104 valence electrons. The third kappa shape index (κ3) is 2.37. The van der Waals surface area contributed by atoms with Crippen molar-refractivity contribution in [1.82, 2.24) is 14.7 Å². The summed E-state index contributed by atoms with van der Waals surface area (Å²) in [5, 5.41) is 5.37. The van der Waals surface area contributed by atoms with Crippen LogP contribution in [0.3, 0.4) is 0 Å². The molecule has 0 aliphatic carbocycles. The number of rotatable bonds is 4. The Morgan fingerprint density at radius 1 is 1.42 bits per heavy atom. The van der Waals surface area contributed by atoms with Crippen molar-refractivity contribution in [3.8, 4) is 0 Å². The van der Waals surface area contributed by atoms with Crippen molar-refractivity contribution in [2.45, 2.75) is 32.7 Å². The van der Waals surface area contributed by atoms with Crippen molar-refractivity contribution < 1.29 is 0 Å². The van der Waals surface area contributed by atoms with E-state index in [1.165, 1.54) is 30.8 Å². The van der Waals surface area contributed by atoms with Gasteiger partial charge in [-0.25, -0.2) is 4.98 Å². The van der Waals surface area contributed by atoms with E-state index in [2.05, 4.69) is 33.1 Å². The van der Waals surface area contributed by atoms with E-state index in [0.29, 0.717) is 0 Å². The number of aromatic nitrogens is 2. The number of hydrogen-bond donors (Lipinski definition) is 1. The lowest BCUT2D eigenvalue weighted by atomic mass is 9.94. The van der Waals surface area contributed by atoms with Crippen molar-refractivity contribution in [2.75, 3.05) is 25.0 Å². The van der Waals surface area contributed by atoms with Crippen LogP contribution in [-0.2, 0) is 6.54 Å². The molecule has 0 atom stereocenters. The fourth-order valence-corrected chi connectivity index (χ4v) is 3.69. The van der Waals surface area contributed by atoms with Gasteiger partial charge in [-0.15, -0.1) is 11.3 Å². The zero-order valence-electron chi connectivity index (χ0n) is 11.7. The number of anilines is 1. The molecular formula is C14H22N4S. The number of piperidine rings is 1. The van der Waals surface area contributed by atoms with E-state index in [1.807, 2.05) is 7.05 Å². The second kappa shape index (κ2) is 5.51. The van der Waals surface area contributed by atoms with Crippen molar-refractivity contribution in [3.05, 3.63) is 17.3 Å². The summed E-state index contributed by atoms with van der Waals surface area (Å²) < 4.78 is 2.22. The monoisotopic (exact) mass is 278 g/mol. The molecule has 3 rings (SSSR count). The summed E-state index contributed by atoms with van der Waals surface area (Å²) in [5.41, 5.74) is 1.30. The summed E-state index contributed by atoms with van der Waals surface area (Å²) in [6, 6.07) is 0. The predicted molar refractivity (Wildman–Crippen MR) is 81.1 cm³/mol. The molecule has 3 heterocycles. The first-order valence-corrected chi connectivity index (χ1v) is 8.05. The molecule has 2 aromatic rings. The molecule has 1 fully saturated rings. The zero-order valence-corrected chi connectivity index (χ0v) is 12.5. The summed E-state index contributed by atoms with van der Waals surface area (Å²) in [6.45, 7) is 5.49. The lowest BCUT2D eigenvalue weighted by Gasteiger charge is -2.32. The van der Waals surface area contributed by atoms with Crippen LogP contribution in [0.4, 0.5) is 5.82 Å². The molecule has 1 saturated heterocycles. The molecule has 0 bridgehead atoms. The Kier molecular flexibility index (Phi) is 3.75. The van der Waals surface area contributed by atoms with Crippen molar-refractivity contribution in [2.24, 2.45) is 5.92 Å². The molecule has 19 heavy (non-hydrogen) atoms. The highest BCUT2D eigenvalue weighted by Crippen LogP contribution is 2.29. The van der Waals surface area contributed by atoms with E-state index in [1.54, 1.807) is 11.3 Å². The molecule has 0 amide bonds. The van der Waals surface area contributed by atoms with Gasteiger partial charge < -0.3 is 10.2 Å². The summed E-state index contributed by atoms with van der Waals surface area (Å²) in [5.74, 6) is 2.10. The van der Waals surface area contributed by atoms with Crippen molar-refractivity contribution >= 4 is 22.1 Å². The Hall–Kier alpha value is -1.07. The minimum absolute atomic E-state index is 0.876. The molecule has 5 heteroatoms. The van der Waals surface area contributed by atoms with Crippen LogP contribution in [0.25, 0.3) is 4.96 Å². The Labute approximate surface area is 118 Å². The third-order valence-electron chi connectivity index (χ3n) is 4.18. The Morgan fingerprint density at radius 2 is 2.21 bits per heavy atom. The highest BCUT2D eigenvalue weighted by atomic mass is 32.1. The Morgan fingerprint density at radius 3 is 2.89 bits per heavy atom. The number of fused-ring (bicyclic) bond motifs is 1. The van der Waals surface area contributed by atoms with Gasteiger partial charge in [-0.3, -0.25) is 4.40 Å². The molecular weight excluding hydrogens is 256 g/mol. The second-order valence-electron chi connectivity index (χ2n) is 5.31. The second-order valence-corrected chi connectivity index (χ2v) is 6.18. The highest BCUT2D eigenvalue weighted by molar-refractivity contribution is 7.15. The summed E-state index contributed by atoms with van der Waals surface area (Å²) in [7, 11) is 2.00. The average molecular weight is 278 g/mol. The van der Waals surface area contributed by atoms with E-state index in [9.17, 15) is 0 Å². The minimum Gasteiger partial charge on any atom is -0.355 e. The molecule has 1 N–H and O–H groups in total. The van der Waals surface area contributed by atoms with Crippen LogP contribution in [0, 0.1) is 5.92 Å². The van der Waals surface area contributed by atoms with Gasteiger partial charge in [0.1, 0.15) is 0 Å². The normalized spacial score (nSPS) is 17.5. The van der Waals surface area contributed by atoms with Gasteiger partial charge >= 0.3 is 0 Å². The lowest BCUT2D eigenvalue weighted by Crippen LogP contribution is -2.34. The molecule has 0 spiro atoms. The third-order valence-corrected chi connectivity index (χ3v) is 4.93. The highest BCUT2D eigenvalue weighted by Gasteiger charge is 2.23. The number of thiazole rings is 1. The quantitative estimate of drug-likeness (QED) is 0.933. The van der Waals surface area contributed by atoms with E-state index >= 15 is 0 Å². The van der Waals surface area contributed by atoms with E-state index in [0.717, 1.165) is 30.5 Å². The van der Waals surface area contributed by atoms with Gasteiger partial charge in [-0.2, -0.15) is 0 Å². The standard InChI is InChI=1S/C14H22N4S/c1-3-11-4-6-17(7-5-11)13-12(10-15-2)18-8-9-19-14(18)16-13/h8-9,11,15H,3-7,10H2,1-2H3. The zero-order chi connectivity index (χ0) is 13.2. The predicted octanol–water partition coefficient (Wildman–Crippen LogP) is 2.74. The van der Waals surface area contributed by atoms with Crippen LogP contribution in [-0.4, -0.2) is 29.5 Å². The first kappa shape index (κ1) is 12.9. The largest absolute Gasteiger partial charge is 0.355 e. The molecule has 4 nitrogen and oxygen atoms in total. The lowest BCUT2D eigenvalue weighted by molar-refractivity contribution is 0.393. The fraction of sp³-hybridized carbons (Fsp3) is 0.643. The topological polar surface area (TPSA) is 32.6 Å². The van der Waals surface area contributed by atoms with Gasteiger partial charge in [0.25, 0.3) is 0 Å². The Balaban J connectivity index is 1.87. The maximum absolute atomic E-state index is 4.83. The summed E-state index contributed by atoms with van der Waals surface area (Å²) in [6.07, 6.45) is 6.05. The summed E-state index contributed by atoms with van der Waals surface area (Å²) >= 11 is 1.71. The summed E-state index contributed by atoms with van der Waals surface area (Å²) in [4.78, 5) is 8.41. The van der Waals surface area contributed by atoms with E-state index < -0.39 is 0 Å². The molecule has 0 aromatic carbocycles. The van der Waals surface area contributed by atoms with Crippen LogP contribution in [0.1, 0.15) is 31.9 Å². The average Bonchev–Trinajstić information content (AvgIpc) is 3.02. The minimum atomic E-state index is 0.876. The van der Waals surface area contributed by atoms with Crippen LogP contribution in [0.2, 0.25) is 0 Å². The SMILES string of the molecule is CCC1CCN(c2nc3sccn3c2CNC)CC1. The fourth-order valence-electron chi connectivity index (χ4n) is 2.96. The van der Waals surface area contributed by atoms with Gasteiger partial charge in [0.05, 0.1) is 5.69 Å². The van der Waals surface area contributed by atoms with Crippen molar-refractivity contribution in [1.29, 1.82) is 0 Å². The van der Waals surface area contributed by atoms with Crippen LogP contribution < -0.4 is 10.2 Å². The number of imidazole rings is 1. The molecule has 1 aliphatic rings. The maximum atomic E-state index is 4.83. The van der Waals surface area contributed by atoms with Crippen molar-refractivity contribution in [3.63, 3.8) is 0 Å². The first-order valence-electron chi connectivity index (χ1n) is 7.17. The molecule has 0 saturated carbocycles. The van der Waals surface area contributed by atoms with Gasteiger partial charge in [0.15, 0.2) is 10.8 Å². The van der Waals surface area contributed by atoms with Gasteiger partial charge in [-0.05, 0) is 25.8 Å². The van der Waals surface area contributed by atoms with Gasteiger partial charge in [0.2, 0.25) is 0 Å². The van der Waals surface area contributed by atoms with Crippen LogP contribution in [0.5, 0.6) is 0 Å². The van der Waals surface area contributed by atoms with Crippen LogP contribution in [0.15, 0.2) is 11.6 Å². The maximum Gasteiger partial charge on any atom is 0.195 e. The molecule has 1 aliphatic heterocycles. The number of nitrogens with zero attached hydrogens (tertiary/aromatic N) is 3. The number of nitrogens with one attached hydrogen (secondary N) is 1. The van der Waals surface area contributed by atoms with Crippen LogP contribution >= 0.6 is 11.3 Å². The molecule has 0 radical (unpaired) electrons. The van der Waals surface area contributed by atoms with Gasteiger partial charge in [0, 0.05) is 31.2 Å². The van der Waals surface area contributed by atoms with Gasteiger partial charge in [-0.1, -0.05) is 13.3 Å². The smallest absolute Gasteiger partial charge is 0.195 e. The molecule has 0 unspecified atom stereocenters.